The summed E-state index contributed by atoms with van der Waals surface area (Å²) < 4.78 is 38.3. The number of hydrogen-bond donors (Lipinski definition) is 1. The van der Waals surface area contributed by atoms with Gasteiger partial charge in [0.1, 0.15) is 0 Å². The normalized spacial score (nSPS) is 17.6. The van der Waals surface area contributed by atoms with E-state index in [9.17, 15) is 22.8 Å². The third-order valence-corrected chi connectivity index (χ3v) is 5.39. The van der Waals surface area contributed by atoms with Crippen LogP contribution in [0.2, 0.25) is 0 Å². The molecule has 0 aliphatic carbocycles. The second-order valence-corrected chi connectivity index (χ2v) is 7.43. The van der Waals surface area contributed by atoms with Gasteiger partial charge in [-0.15, -0.1) is 11.3 Å². The first-order valence-corrected chi connectivity index (χ1v) is 9.49. The van der Waals surface area contributed by atoms with E-state index in [-0.39, 0.29) is 24.3 Å². The van der Waals surface area contributed by atoms with Crippen LogP contribution in [0, 0.1) is 5.92 Å². The predicted octanol–water partition coefficient (Wildman–Crippen LogP) is 3.94. The van der Waals surface area contributed by atoms with Gasteiger partial charge in [-0.3, -0.25) is 9.59 Å². The van der Waals surface area contributed by atoms with Crippen molar-refractivity contribution in [2.24, 2.45) is 5.92 Å². The largest absolute Gasteiger partial charge is 0.416 e. The minimum atomic E-state index is -4.41. The Morgan fingerprint density at radius 1 is 1.22 bits per heavy atom. The van der Waals surface area contributed by atoms with Crippen LogP contribution < -0.4 is 5.32 Å². The van der Waals surface area contributed by atoms with E-state index in [0.717, 1.165) is 18.6 Å². The zero-order chi connectivity index (χ0) is 19.4. The fraction of sp³-hybridized carbons (Fsp3) is 0.368. The third kappa shape index (κ3) is 4.88. The van der Waals surface area contributed by atoms with Crippen molar-refractivity contribution in [2.75, 3.05) is 13.1 Å². The first kappa shape index (κ1) is 19.4. The Hall–Kier alpha value is -2.35. The number of piperidine rings is 1. The van der Waals surface area contributed by atoms with Gasteiger partial charge in [-0.25, -0.2) is 0 Å². The lowest BCUT2D eigenvalue weighted by Gasteiger charge is -2.31. The van der Waals surface area contributed by atoms with Crippen LogP contribution >= 0.6 is 11.3 Å². The molecule has 1 aromatic heterocycles. The zero-order valence-electron chi connectivity index (χ0n) is 14.5. The Labute approximate surface area is 159 Å². The van der Waals surface area contributed by atoms with Crippen molar-refractivity contribution >= 4 is 23.2 Å². The van der Waals surface area contributed by atoms with Gasteiger partial charge in [0.2, 0.25) is 5.91 Å². The monoisotopic (exact) mass is 396 g/mol. The number of nitrogens with zero attached hydrogens (tertiary/aromatic N) is 1. The summed E-state index contributed by atoms with van der Waals surface area (Å²) in [7, 11) is 0. The highest BCUT2D eigenvalue weighted by Gasteiger charge is 2.31. The number of halogens is 3. The minimum Gasteiger partial charge on any atom is -0.352 e. The number of thiophene rings is 1. The van der Waals surface area contributed by atoms with Crippen molar-refractivity contribution in [3.8, 4) is 0 Å². The lowest BCUT2D eigenvalue weighted by molar-refractivity contribution is -0.137. The molecular formula is C19H19F3N2O2S. The molecule has 0 unspecified atom stereocenters. The van der Waals surface area contributed by atoms with Crippen molar-refractivity contribution < 1.29 is 22.8 Å². The second-order valence-electron chi connectivity index (χ2n) is 6.48. The summed E-state index contributed by atoms with van der Waals surface area (Å²) in [5, 5.41) is 4.53. The minimum absolute atomic E-state index is 0.0259. The summed E-state index contributed by atoms with van der Waals surface area (Å²) in [6, 6.07) is 8.47. The Morgan fingerprint density at radius 2 is 2.04 bits per heavy atom. The highest BCUT2D eigenvalue weighted by Crippen LogP contribution is 2.29. The smallest absolute Gasteiger partial charge is 0.352 e. The van der Waals surface area contributed by atoms with Gasteiger partial charge in [0.15, 0.2) is 0 Å². The van der Waals surface area contributed by atoms with Gasteiger partial charge in [0.25, 0.3) is 5.91 Å². The maximum absolute atomic E-state index is 12.8. The third-order valence-electron chi connectivity index (χ3n) is 4.53. The van der Waals surface area contributed by atoms with Crippen LogP contribution in [0.3, 0.4) is 0 Å². The van der Waals surface area contributed by atoms with Gasteiger partial charge in [-0.05, 0) is 42.0 Å². The molecule has 0 bridgehead atoms. The van der Waals surface area contributed by atoms with Crippen LogP contribution in [-0.4, -0.2) is 29.8 Å². The van der Waals surface area contributed by atoms with Crippen LogP contribution in [0.1, 0.15) is 33.6 Å². The second kappa shape index (κ2) is 8.12. The van der Waals surface area contributed by atoms with E-state index in [1.54, 1.807) is 23.1 Å². The molecule has 3 rings (SSSR count). The Kier molecular flexibility index (Phi) is 5.84. The number of alkyl halides is 3. The Bertz CT molecular complexity index is 806. The van der Waals surface area contributed by atoms with Crippen molar-refractivity contribution in [3.63, 3.8) is 0 Å². The van der Waals surface area contributed by atoms with Crippen LogP contribution in [0.25, 0.3) is 0 Å². The van der Waals surface area contributed by atoms with Gasteiger partial charge >= 0.3 is 6.18 Å². The molecule has 1 saturated heterocycles. The first-order chi connectivity index (χ1) is 12.8. The van der Waals surface area contributed by atoms with E-state index >= 15 is 0 Å². The topological polar surface area (TPSA) is 49.4 Å². The Morgan fingerprint density at radius 3 is 2.74 bits per heavy atom. The average molecular weight is 396 g/mol. The van der Waals surface area contributed by atoms with E-state index in [1.165, 1.54) is 17.4 Å². The van der Waals surface area contributed by atoms with Gasteiger partial charge in [-0.2, -0.15) is 13.2 Å². The lowest BCUT2D eigenvalue weighted by atomic mass is 9.96. The molecule has 1 aliphatic heterocycles. The van der Waals surface area contributed by atoms with E-state index in [0.29, 0.717) is 30.0 Å². The van der Waals surface area contributed by atoms with Crippen LogP contribution in [0.5, 0.6) is 0 Å². The average Bonchev–Trinajstić information content (AvgIpc) is 3.20. The predicted molar refractivity (Wildman–Crippen MR) is 96.2 cm³/mol. The number of hydrogen-bond acceptors (Lipinski definition) is 3. The lowest BCUT2D eigenvalue weighted by Crippen LogP contribution is -2.45. The fourth-order valence-corrected chi connectivity index (χ4v) is 3.81. The van der Waals surface area contributed by atoms with Crippen LogP contribution in [0.4, 0.5) is 13.2 Å². The molecule has 2 amide bonds. The number of likely N-dealkylation sites (tertiary alicyclic amines) is 1. The molecular weight excluding hydrogens is 377 g/mol. The molecule has 0 spiro atoms. The summed E-state index contributed by atoms with van der Waals surface area (Å²) in [4.78, 5) is 27.2. The molecule has 2 aromatic rings. The SMILES string of the molecule is O=C(NCc1cccc(C(F)(F)F)c1)[C@H]1CCCN(C(=O)c2cccs2)C1. The standard InChI is InChI=1S/C19H19F3N2O2S/c20-19(21,22)15-6-1-4-13(10-15)11-23-17(25)14-5-2-8-24(12-14)18(26)16-7-3-9-27-16/h1,3-4,6-7,9-10,14H,2,5,8,11-12H2,(H,23,25)/t14-/m0/s1. The highest BCUT2D eigenvalue weighted by molar-refractivity contribution is 7.12. The fourth-order valence-electron chi connectivity index (χ4n) is 3.12. The van der Waals surface area contributed by atoms with E-state index in [1.807, 2.05) is 5.38 Å². The molecule has 1 fully saturated rings. The summed E-state index contributed by atoms with van der Waals surface area (Å²) in [6.07, 6.45) is -3.03. The molecule has 8 heteroatoms. The molecule has 1 aromatic carbocycles. The van der Waals surface area contributed by atoms with Crippen molar-refractivity contribution in [2.45, 2.75) is 25.6 Å². The molecule has 0 saturated carbocycles. The number of rotatable bonds is 4. The number of nitrogens with one attached hydrogen (secondary N) is 1. The van der Waals surface area contributed by atoms with E-state index < -0.39 is 11.7 Å². The molecule has 4 nitrogen and oxygen atoms in total. The van der Waals surface area contributed by atoms with E-state index in [4.69, 9.17) is 0 Å². The molecule has 144 valence electrons. The van der Waals surface area contributed by atoms with Gasteiger partial charge in [-0.1, -0.05) is 18.2 Å². The molecule has 27 heavy (non-hydrogen) atoms. The quantitative estimate of drug-likeness (QED) is 0.851. The molecule has 1 N–H and O–H groups in total. The molecule has 2 heterocycles. The number of benzene rings is 1. The van der Waals surface area contributed by atoms with Crippen molar-refractivity contribution in [3.05, 3.63) is 57.8 Å². The van der Waals surface area contributed by atoms with Crippen molar-refractivity contribution in [1.29, 1.82) is 0 Å². The summed E-state index contributed by atoms with van der Waals surface area (Å²) in [5.74, 6) is -0.676. The maximum atomic E-state index is 12.8. The molecule has 0 radical (unpaired) electrons. The molecule has 1 atom stereocenters. The van der Waals surface area contributed by atoms with Crippen molar-refractivity contribution in [1.82, 2.24) is 10.2 Å². The maximum Gasteiger partial charge on any atom is 0.416 e. The number of carbonyl (C=O) groups is 2. The number of amides is 2. The Balaban J connectivity index is 1.57. The van der Waals surface area contributed by atoms with Gasteiger partial charge in [0, 0.05) is 19.6 Å². The van der Waals surface area contributed by atoms with Gasteiger partial charge in [0.05, 0.1) is 16.4 Å². The van der Waals surface area contributed by atoms with Gasteiger partial charge < -0.3 is 10.2 Å². The van der Waals surface area contributed by atoms with Crippen LogP contribution in [0.15, 0.2) is 41.8 Å². The summed E-state index contributed by atoms with van der Waals surface area (Å²) >= 11 is 1.36. The molecule has 1 aliphatic rings. The number of carbonyl (C=O) groups excluding carboxylic acids is 2. The van der Waals surface area contributed by atoms with E-state index in [2.05, 4.69) is 5.32 Å². The summed E-state index contributed by atoms with van der Waals surface area (Å²) in [6.45, 7) is 0.956. The highest BCUT2D eigenvalue weighted by atomic mass is 32.1. The zero-order valence-corrected chi connectivity index (χ0v) is 15.3. The first-order valence-electron chi connectivity index (χ1n) is 8.61. The summed E-state index contributed by atoms with van der Waals surface area (Å²) in [5.41, 5.74) is -0.347. The van der Waals surface area contributed by atoms with Crippen LogP contribution in [-0.2, 0) is 17.5 Å².